The van der Waals surface area contributed by atoms with Crippen molar-refractivity contribution in [3.05, 3.63) is 122 Å². The second kappa shape index (κ2) is 55.9. The van der Waals surface area contributed by atoms with Crippen LogP contribution in [0.1, 0.15) is 116 Å². The summed E-state index contributed by atoms with van der Waals surface area (Å²) in [6.45, 7) is 20.7. The fourth-order valence-corrected chi connectivity index (χ4v) is 1.87. The zero-order valence-corrected chi connectivity index (χ0v) is 25.3. The van der Waals surface area contributed by atoms with Crippen LogP contribution >= 0.6 is 0 Å². The topological polar surface area (TPSA) is 51.6 Å². The first-order chi connectivity index (χ1) is 18.3. The third-order valence-corrected chi connectivity index (χ3v) is 3.59. The Hall–Kier alpha value is -3.40. The van der Waals surface area contributed by atoms with Gasteiger partial charge in [0, 0.05) is 49.6 Å². The van der Waals surface area contributed by atoms with E-state index < -0.39 is 0 Å². The lowest BCUT2D eigenvalue weighted by atomic mass is 10.0. The summed E-state index contributed by atoms with van der Waals surface area (Å²) in [5.74, 6) is 0.669. The maximum atomic E-state index is 3.96. The molecule has 0 saturated carbocycles. The molecule has 4 heterocycles. The fraction of sp³-hybridized carbons (Fsp3) is 0.444. The largest absolute Gasteiger partial charge is 0.265 e. The van der Waals surface area contributed by atoms with E-state index in [9.17, 15) is 0 Å². The predicted octanol–water partition coefficient (Wildman–Crippen LogP) is 12.2. The standard InChI is InChI=1S/C9H13N.3C5H5N.C3H8.3C2H6.3CH4/c1-3-8(2)9-4-6-10-7-5-9;3*1-2-4-6-5-3-1;1-3-2;3*1-2;;;/h4-8H,3H2,1-2H3;3*1-5H;3H2,1-2H3;3*1-2H3;3*1H4. The quantitative estimate of drug-likeness (QED) is 0.247. The first-order valence-corrected chi connectivity index (χ1v) is 13.7. The molecule has 40 heavy (non-hydrogen) atoms. The molecule has 0 aromatic carbocycles. The molecule has 230 valence electrons. The lowest BCUT2D eigenvalue weighted by Gasteiger charge is -2.06. The van der Waals surface area contributed by atoms with Gasteiger partial charge in [0.05, 0.1) is 0 Å². The van der Waals surface area contributed by atoms with Gasteiger partial charge in [0.2, 0.25) is 0 Å². The fourth-order valence-electron chi connectivity index (χ4n) is 1.87. The second-order valence-corrected chi connectivity index (χ2v) is 6.37. The zero-order valence-electron chi connectivity index (χ0n) is 25.3. The molecule has 4 aromatic heterocycles. The summed E-state index contributed by atoms with van der Waals surface area (Å²) in [5.41, 5.74) is 1.39. The average Bonchev–Trinajstić information content (AvgIpc) is 3.04. The van der Waals surface area contributed by atoms with Crippen molar-refractivity contribution in [1.29, 1.82) is 0 Å². The molecule has 0 saturated heterocycles. The average molecular weight is 555 g/mol. The van der Waals surface area contributed by atoms with Gasteiger partial charge < -0.3 is 0 Å². The summed E-state index contributed by atoms with van der Waals surface area (Å²) in [7, 11) is 0. The van der Waals surface area contributed by atoms with E-state index in [0.717, 1.165) is 0 Å². The zero-order chi connectivity index (χ0) is 28.8. The van der Waals surface area contributed by atoms with Crippen molar-refractivity contribution in [3.63, 3.8) is 0 Å². The van der Waals surface area contributed by atoms with Crippen LogP contribution in [0.25, 0.3) is 0 Å². The summed E-state index contributed by atoms with van der Waals surface area (Å²) in [5, 5.41) is 0. The first kappa shape index (κ1) is 52.9. The van der Waals surface area contributed by atoms with E-state index >= 15 is 0 Å². The SMILES string of the molecule is C.C.C.CC.CC.CC.CCC.CCC(C)c1ccncc1.c1ccncc1.c1ccncc1.c1ccncc1. The molecule has 1 atom stereocenters. The highest BCUT2D eigenvalue weighted by Gasteiger charge is 1.99. The number of rotatable bonds is 2. The predicted molar refractivity (Wildman–Crippen MR) is 186 cm³/mol. The van der Waals surface area contributed by atoms with Crippen LogP contribution in [0.3, 0.4) is 0 Å². The summed E-state index contributed by atoms with van der Waals surface area (Å²) in [6, 6.07) is 21.3. The van der Waals surface area contributed by atoms with Crippen LogP contribution in [0.2, 0.25) is 0 Å². The van der Waals surface area contributed by atoms with Gasteiger partial charge in [-0.1, -0.05) is 116 Å². The molecule has 4 heteroatoms. The minimum atomic E-state index is 0. The molecule has 4 aromatic rings. The summed E-state index contributed by atoms with van der Waals surface area (Å²) < 4.78 is 0. The lowest BCUT2D eigenvalue weighted by molar-refractivity contribution is 0.732. The van der Waals surface area contributed by atoms with E-state index in [1.54, 1.807) is 37.2 Å². The molecule has 0 fully saturated rings. The van der Waals surface area contributed by atoms with Crippen molar-refractivity contribution in [1.82, 2.24) is 19.9 Å². The van der Waals surface area contributed by atoms with Crippen LogP contribution in [-0.2, 0) is 0 Å². The third kappa shape index (κ3) is 47.8. The highest BCUT2D eigenvalue weighted by molar-refractivity contribution is 5.14. The van der Waals surface area contributed by atoms with E-state index in [-0.39, 0.29) is 22.3 Å². The molecule has 1 unspecified atom stereocenters. The monoisotopic (exact) mass is 555 g/mol. The molecule has 0 aliphatic carbocycles. The van der Waals surface area contributed by atoms with Crippen LogP contribution in [-0.4, -0.2) is 19.9 Å². The van der Waals surface area contributed by atoms with Gasteiger partial charge in [-0.2, -0.15) is 0 Å². The Morgan fingerprint density at radius 2 is 0.675 bits per heavy atom. The van der Waals surface area contributed by atoms with Crippen molar-refractivity contribution in [2.75, 3.05) is 0 Å². The van der Waals surface area contributed by atoms with Crippen LogP contribution in [0, 0.1) is 0 Å². The lowest BCUT2D eigenvalue weighted by Crippen LogP contribution is -1.89. The van der Waals surface area contributed by atoms with Gasteiger partial charge in [-0.25, -0.2) is 0 Å². The van der Waals surface area contributed by atoms with Crippen LogP contribution < -0.4 is 0 Å². The number of aromatic nitrogens is 4. The number of pyridine rings is 4. The number of nitrogens with zero attached hydrogens (tertiary/aromatic N) is 4. The van der Waals surface area contributed by atoms with Crippen LogP contribution in [0.4, 0.5) is 0 Å². The van der Waals surface area contributed by atoms with E-state index in [1.165, 1.54) is 18.4 Å². The molecule has 0 aliphatic rings. The van der Waals surface area contributed by atoms with Gasteiger partial charge in [0.25, 0.3) is 0 Å². The molecule has 0 N–H and O–H groups in total. The van der Waals surface area contributed by atoms with Crippen molar-refractivity contribution < 1.29 is 0 Å². The summed E-state index contributed by atoms with van der Waals surface area (Å²) in [4.78, 5) is 15.3. The van der Waals surface area contributed by atoms with Gasteiger partial charge >= 0.3 is 0 Å². The Labute approximate surface area is 251 Å². The Kier molecular flexibility index (Phi) is 74.0. The molecule has 0 amide bonds. The van der Waals surface area contributed by atoms with Gasteiger partial charge in [-0.15, -0.1) is 0 Å². The highest BCUT2D eigenvalue weighted by atomic mass is 14.6. The van der Waals surface area contributed by atoms with Crippen molar-refractivity contribution in [2.24, 2.45) is 0 Å². The van der Waals surface area contributed by atoms with Crippen LogP contribution in [0.15, 0.2) is 116 Å². The Morgan fingerprint density at radius 1 is 0.450 bits per heavy atom. The van der Waals surface area contributed by atoms with Gasteiger partial charge in [0.1, 0.15) is 0 Å². The molecule has 4 nitrogen and oxygen atoms in total. The number of hydrogen-bond acceptors (Lipinski definition) is 4. The van der Waals surface area contributed by atoms with E-state index in [2.05, 4.69) is 59.8 Å². The van der Waals surface area contributed by atoms with Gasteiger partial charge in [-0.3, -0.25) is 19.9 Å². The summed E-state index contributed by atoms with van der Waals surface area (Å²) >= 11 is 0. The minimum Gasteiger partial charge on any atom is -0.265 e. The van der Waals surface area contributed by atoms with Gasteiger partial charge in [0.15, 0.2) is 0 Å². The Morgan fingerprint density at radius 3 is 0.825 bits per heavy atom. The molecular weight excluding hydrogens is 488 g/mol. The number of hydrogen-bond donors (Lipinski definition) is 0. The van der Waals surface area contributed by atoms with Crippen molar-refractivity contribution >= 4 is 0 Å². The molecule has 0 aliphatic heterocycles. The Balaban J connectivity index is -0.0000000657. The molecule has 0 radical (unpaired) electrons. The van der Waals surface area contributed by atoms with E-state index in [1.807, 2.05) is 109 Å². The van der Waals surface area contributed by atoms with Crippen LogP contribution in [0.5, 0.6) is 0 Å². The van der Waals surface area contributed by atoms with Crippen molar-refractivity contribution in [3.8, 4) is 0 Å². The normalized spacial score (nSPS) is 7.75. The van der Waals surface area contributed by atoms with E-state index in [4.69, 9.17) is 0 Å². The minimum absolute atomic E-state index is 0. The molecule has 0 bridgehead atoms. The first-order valence-electron chi connectivity index (χ1n) is 13.7. The van der Waals surface area contributed by atoms with Gasteiger partial charge in [-0.05, 0) is 66.4 Å². The Bertz CT molecular complexity index is 629. The highest BCUT2D eigenvalue weighted by Crippen LogP contribution is 2.16. The molecule has 0 spiro atoms. The maximum absolute atomic E-state index is 3.96. The second-order valence-electron chi connectivity index (χ2n) is 6.37. The smallest absolute Gasteiger partial charge is 0.0270 e. The maximum Gasteiger partial charge on any atom is 0.0270 e. The summed E-state index contributed by atoms with van der Waals surface area (Å²) in [6.07, 6.45) is 16.6. The van der Waals surface area contributed by atoms with Crippen molar-refractivity contribution in [2.45, 2.75) is 110 Å². The molecular formula is C36H66N4. The molecule has 4 rings (SSSR count). The van der Waals surface area contributed by atoms with E-state index in [0.29, 0.717) is 5.92 Å². The third-order valence-electron chi connectivity index (χ3n) is 3.59.